The number of allylic oxidation sites excluding steroid dienone is 4. The topological polar surface area (TPSA) is 51.2 Å². The molecule has 0 heterocycles. The van der Waals surface area contributed by atoms with Crippen molar-refractivity contribution in [2.75, 3.05) is 0 Å². The lowest BCUT2D eigenvalue weighted by atomic mass is 10.2. The molecule has 4 heteroatoms. The maximum absolute atomic E-state index is 13.7. The molecule has 0 amide bonds. The lowest BCUT2D eigenvalue weighted by Gasteiger charge is -2.17. The van der Waals surface area contributed by atoms with Gasteiger partial charge in [0.15, 0.2) is 0 Å². The van der Waals surface area contributed by atoms with Gasteiger partial charge in [0.1, 0.15) is 0 Å². The molecule has 0 N–H and O–H groups in total. The molecule has 0 aliphatic rings. The fourth-order valence-corrected chi connectivity index (χ4v) is 4.70. The molecule has 0 radical (unpaired) electrons. The van der Waals surface area contributed by atoms with Gasteiger partial charge in [0.05, 0.1) is 0 Å². The highest BCUT2D eigenvalue weighted by Crippen LogP contribution is 2.50. The van der Waals surface area contributed by atoms with Crippen LogP contribution in [0.2, 0.25) is 0 Å². The number of rotatable bonds is 6. The SMILES string of the molecule is C/C=C\C(=C/C)C(=O)P(=O)(C(=O)c1ccccc1)c1ccccc1. The molecule has 0 aromatic heterocycles. The van der Waals surface area contributed by atoms with Gasteiger partial charge in [-0.25, -0.2) is 0 Å². The predicted octanol–water partition coefficient (Wildman–Crippen LogP) is 4.56. The largest absolute Gasteiger partial charge is 0.302 e. The lowest BCUT2D eigenvalue weighted by molar-refractivity contribution is -0.108. The predicted molar refractivity (Wildman–Crippen MR) is 98.0 cm³/mol. The standard InChI is InChI=1S/C20H19O3P/c1-3-11-16(4-2)19(21)24(23,18-14-9-6-10-15-18)20(22)17-12-7-5-8-13-17/h3-15H,1-2H3/b11-3-,16-4+. The van der Waals surface area contributed by atoms with E-state index in [2.05, 4.69) is 0 Å². The van der Waals surface area contributed by atoms with Gasteiger partial charge >= 0.3 is 0 Å². The number of hydrogen-bond acceptors (Lipinski definition) is 3. The van der Waals surface area contributed by atoms with Crippen molar-refractivity contribution in [3.05, 3.63) is 90.0 Å². The Morgan fingerprint density at radius 1 is 0.875 bits per heavy atom. The normalized spacial score (nSPS) is 14.3. The van der Waals surface area contributed by atoms with Gasteiger partial charge in [-0.2, -0.15) is 0 Å². The number of hydrogen-bond donors (Lipinski definition) is 0. The van der Waals surface area contributed by atoms with Crippen LogP contribution < -0.4 is 5.30 Å². The van der Waals surface area contributed by atoms with Crippen LogP contribution in [0.3, 0.4) is 0 Å². The van der Waals surface area contributed by atoms with E-state index >= 15 is 0 Å². The van der Waals surface area contributed by atoms with E-state index in [4.69, 9.17) is 0 Å². The molecule has 0 bridgehead atoms. The lowest BCUT2D eigenvalue weighted by Crippen LogP contribution is -2.21. The molecular formula is C20H19O3P. The van der Waals surface area contributed by atoms with E-state index < -0.39 is 18.2 Å². The van der Waals surface area contributed by atoms with Gasteiger partial charge in [0.2, 0.25) is 18.2 Å². The first-order chi connectivity index (χ1) is 11.6. The van der Waals surface area contributed by atoms with Crippen molar-refractivity contribution in [2.45, 2.75) is 13.8 Å². The average Bonchev–Trinajstić information content (AvgIpc) is 2.65. The Morgan fingerprint density at radius 2 is 1.42 bits per heavy atom. The molecule has 0 saturated carbocycles. The van der Waals surface area contributed by atoms with Crippen molar-refractivity contribution in [2.24, 2.45) is 0 Å². The summed E-state index contributed by atoms with van der Waals surface area (Å²) in [5.74, 6) is 0. The third kappa shape index (κ3) is 3.37. The molecule has 2 rings (SSSR count). The van der Waals surface area contributed by atoms with Gasteiger partial charge in [-0.1, -0.05) is 78.9 Å². The molecule has 0 saturated heterocycles. The van der Waals surface area contributed by atoms with Gasteiger partial charge in [0.25, 0.3) is 0 Å². The fraction of sp³-hybridized carbons (Fsp3) is 0.100. The van der Waals surface area contributed by atoms with Crippen molar-refractivity contribution >= 4 is 23.5 Å². The molecule has 1 unspecified atom stereocenters. The van der Waals surface area contributed by atoms with Crippen LogP contribution in [0.15, 0.2) is 84.5 Å². The Kier molecular flexibility index (Phi) is 5.83. The Hall–Kier alpha value is -2.51. The molecule has 0 aliphatic carbocycles. The van der Waals surface area contributed by atoms with E-state index in [1.165, 1.54) is 0 Å². The molecule has 2 aromatic rings. The third-order valence-corrected chi connectivity index (χ3v) is 6.30. The van der Waals surface area contributed by atoms with Crippen molar-refractivity contribution in [1.82, 2.24) is 0 Å². The van der Waals surface area contributed by atoms with Gasteiger partial charge in [-0.05, 0) is 13.8 Å². The van der Waals surface area contributed by atoms with Crippen molar-refractivity contribution in [3.63, 3.8) is 0 Å². The minimum atomic E-state index is -3.98. The first-order valence-corrected chi connectivity index (χ1v) is 9.36. The van der Waals surface area contributed by atoms with Gasteiger partial charge < -0.3 is 4.57 Å². The van der Waals surface area contributed by atoms with Crippen LogP contribution in [-0.2, 0) is 9.36 Å². The summed E-state index contributed by atoms with van der Waals surface area (Å²) in [4.78, 5) is 26.0. The monoisotopic (exact) mass is 338 g/mol. The summed E-state index contributed by atoms with van der Waals surface area (Å²) >= 11 is 0. The van der Waals surface area contributed by atoms with Crippen LogP contribution in [0.4, 0.5) is 0 Å². The molecule has 0 spiro atoms. The summed E-state index contributed by atoms with van der Waals surface area (Å²) < 4.78 is 13.7. The van der Waals surface area contributed by atoms with Crippen LogP contribution in [0, 0.1) is 0 Å². The van der Waals surface area contributed by atoms with Gasteiger partial charge in [0, 0.05) is 16.4 Å². The molecule has 1 atom stereocenters. The van der Waals surface area contributed by atoms with E-state index in [0.29, 0.717) is 0 Å². The molecule has 3 nitrogen and oxygen atoms in total. The quantitative estimate of drug-likeness (QED) is 0.441. The minimum Gasteiger partial charge on any atom is -0.302 e. The number of carbonyl (C=O) groups excluding carboxylic acids is 2. The molecule has 122 valence electrons. The van der Waals surface area contributed by atoms with Crippen LogP contribution in [0.1, 0.15) is 24.2 Å². The second-order valence-electron chi connectivity index (χ2n) is 5.17. The smallest absolute Gasteiger partial charge is 0.248 e. The summed E-state index contributed by atoms with van der Waals surface area (Å²) in [6.45, 7) is 3.46. The summed E-state index contributed by atoms with van der Waals surface area (Å²) in [7, 11) is -3.98. The zero-order valence-corrected chi connectivity index (χ0v) is 14.6. The van der Waals surface area contributed by atoms with Crippen LogP contribution in [0.5, 0.6) is 0 Å². The van der Waals surface area contributed by atoms with Crippen molar-refractivity contribution in [1.29, 1.82) is 0 Å². The van der Waals surface area contributed by atoms with E-state index in [1.54, 1.807) is 92.7 Å². The summed E-state index contributed by atoms with van der Waals surface area (Å²) in [5.41, 5.74) is -0.728. The Balaban J connectivity index is 2.66. The van der Waals surface area contributed by atoms with E-state index in [9.17, 15) is 14.2 Å². The van der Waals surface area contributed by atoms with Crippen LogP contribution >= 0.6 is 7.14 Å². The Morgan fingerprint density at radius 3 is 1.92 bits per heavy atom. The van der Waals surface area contributed by atoms with Crippen molar-refractivity contribution in [3.8, 4) is 0 Å². The fourth-order valence-electron chi connectivity index (χ4n) is 2.38. The van der Waals surface area contributed by atoms with Gasteiger partial charge in [-0.15, -0.1) is 0 Å². The molecular weight excluding hydrogens is 319 g/mol. The molecule has 0 aliphatic heterocycles. The zero-order chi connectivity index (χ0) is 17.6. The summed E-state index contributed by atoms with van der Waals surface area (Å²) in [6, 6.07) is 16.6. The number of benzene rings is 2. The van der Waals surface area contributed by atoms with E-state index in [0.717, 1.165) is 0 Å². The highest BCUT2D eigenvalue weighted by atomic mass is 31.2. The van der Waals surface area contributed by atoms with Crippen LogP contribution in [0.25, 0.3) is 0 Å². The Labute approximate surface area is 142 Å². The third-order valence-electron chi connectivity index (χ3n) is 3.62. The van der Waals surface area contributed by atoms with E-state index in [-0.39, 0.29) is 16.4 Å². The second kappa shape index (κ2) is 7.85. The minimum absolute atomic E-state index is 0.257. The van der Waals surface area contributed by atoms with E-state index in [1.807, 2.05) is 0 Å². The number of carbonyl (C=O) groups is 2. The summed E-state index contributed by atoms with van der Waals surface area (Å²) in [5, 5.41) is 0.257. The highest BCUT2D eigenvalue weighted by Gasteiger charge is 2.42. The maximum atomic E-state index is 13.7. The maximum Gasteiger partial charge on any atom is 0.248 e. The first kappa shape index (κ1) is 17.8. The van der Waals surface area contributed by atoms with Crippen LogP contribution in [-0.4, -0.2) is 11.0 Å². The first-order valence-electron chi connectivity index (χ1n) is 7.65. The zero-order valence-electron chi connectivity index (χ0n) is 13.7. The van der Waals surface area contributed by atoms with Gasteiger partial charge in [-0.3, -0.25) is 9.59 Å². The van der Waals surface area contributed by atoms with Crippen molar-refractivity contribution < 1.29 is 14.2 Å². The average molecular weight is 338 g/mol. The highest BCUT2D eigenvalue weighted by molar-refractivity contribution is 8.01. The molecule has 24 heavy (non-hydrogen) atoms. The molecule has 0 fully saturated rings. The Bertz CT molecular complexity index is 834. The second-order valence-corrected chi connectivity index (χ2v) is 7.71. The summed E-state index contributed by atoms with van der Waals surface area (Å²) in [6.07, 6.45) is 4.85. The molecule has 2 aromatic carbocycles.